The lowest BCUT2D eigenvalue weighted by Gasteiger charge is -2.27. The zero-order chi connectivity index (χ0) is 25.4. The Morgan fingerprint density at radius 1 is 0.833 bits per heavy atom. The van der Waals surface area contributed by atoms with E-state index in [2.05, 4.69) is 0 Å². The number of rotatable bonds is 6. The number of hydrogen-bond donors (Lipinski definition) is 0. The van der Waals surface area contributed by atoms with Gasteiger partial charge in [0.1, 0.15) is 17.2 Å². The SMILES string of the molecule is COc1ccccc1/C=C1\Oc2c(ccc3c2[C@H](c2cc(OC)c(OC)c(OC)c2)CC(=O)O3)C1=O. The Morgan fingerprint density at radius 3 is 2.19 bits per heavy atom. The molecule has 2 aliphatic rings. The molecule has 0 saturated heterocycles. The molecule has 2 aliphatic heterocycles. The van der Waals surface area contributed by atoms with Crippen LogP contribution in [0.4, 0.5) is 0 Å². The molecule has 0 saturated carbocycles. The molecule has 2 heterocycles. The average molecular weight is 488 g/mol. The van der Waals surface area contributed by atoms with Gasteiger partial charge in [0, 0.05) is 17.0 Å². The molecule has 0 N–H and O–H groups in total. The van der Waals surface area contributed by atoms with E-state index in [-0.39, 0.29) is 18.0 Å². The second-order valence-corrected chi connectivity index (χ2v) is 8.23. The van der Waals surface area contributed by atoms with E-state index in [4.69, 9.17) is 28.4 Å². The van der Waals surface area contributed by atoms with Crippen molar-refractivity contribution in [3.8, 4) is 34.5 Å². The first kappa shape index (κ1) is 23.3. The molecule has 184 valence electrons. The minimum atomic E-state index is -0.469. The van der Waals surface area contributed by atoms with Gasteiger partial charge in [0.05, 0.1) is 40.4 Å². The van der Waals surface area contributed by atoms with E-state index in [1.165, 1.54) is 21.3 Å². The maximum atomic E-state index is 13.3. The highest BCUT2D eigenvalue weighted by atomic mass is 16.5. The van der Waals surface area contributed by atoms with Crippen LogP contribution in [0.2, 0.25) is 0 Å². The molecule has 3 aromatic carbocycles. The molecule has 0 amide bonds. The fraction of sp³-hybridized carbons (Fsp3) is 0.214. The van der Waals surface area contributed by atoms with Gasteiger partial charge in [-0.1, -0.05) is 18.2 Å². The summed E-state index contributed by atoms with van der Waals surface area (Å²) in [5.74, 6) is 1.70. The van der Waals surface area contributed by atoms with Gasteiger partial charge in [0.2, 0.25) is 11.5 Å². The van der Waals surface area contributed by atoms with Crippen molar-refractivity contribution in [3.05, 3.63) is 76.5 Å². The van der Waals surface area contributed by atoms with Crippen molar-refractivity contribution in [2.75, 3.05) is 28.4 Å². The lowest BCUT2D eigenvalue weighted by atomic mass is 9.84. The summed E-state index contributed by atoms with van der Waals surface area (Å²) in [5.41, 5.74) is 2.44. The molecule has 0 aromatic heterocycles. The molecule has 0 radical (unpaired) electrons. The number of fused-ring (bicyclic) bond motifs is 3. The van der Waals surface area contributed by atoms with Crippen LogP contribution in [0.25, 0.3) is 6.08 Å². The van der Waals surface area contributed by atoms with E-state index >= 15 is 0 Å². The topological polar surface area (TPSA) is 89.5 Å². The van der Waals surface area contributed by atoms with E-state index in [1.54, 1.807) is 43.5 Å². The van der Waals surface area contributed by atoms with Gasteiger partial charge in [-0.25, -0.2) is 0 Å². The van der Waals surface area contributed by atoms with Crippen molar-refractivity contribution in [1.82, 2.24) is 0 Å². The Kier molecular flexibility index (Phi) is 6.01. The van der Waals surface area contributed by atoms with E-state index in [9.17, 15) is 9.59 Å². The van der Waals surface area contributed by atoms with Crippen molar-refractivity contribution in [1.29, 1.82) is 0 Å². The molecular weight excluding hydrogens is 464 g/mol. The monoisotopic (exact) mass is 488 g/mol. The van der Waals surface area contributed by atoms with E-state index in [0.29, 0.717) is 51.2 Å². The molecule has 0 unspecified atom stereocenters. The largest absolute Gasteiger partial charge is 0.496 e. The lowest BCUT2D eigenvalue weighted by molar-refractivity contribution is -0.135. The number of benzene rings is 3. The minimum absolute atomic E-state index is 0.0468. The molecule has 5 rings (SSSR count). The Balaban J connectivity index is 1.64. The molecule has 0 fully saturated rings. The number of ketones is 1. The smallest absolute Gasteiger partial charge is 0.312 e. The summed E-state index contributed by atoms with van der Waals surface area (Å²) in [5, 5.41) is 0. The maximum Gasteiger partial charge on any atom is 0.312 e. The normalized spacial score (nSPS) is 17.1. The summed E-state index contributed by atoms with van der Waals surface area (Å²) in [6.07, 6.45) is 1.70. The number of hydrogen-bond acceptors (Lipinski definition) is 8. The van der Waals surface area contributed by atoms with Gasteiger partial charge in [-0.15, -0.1) is 0 Å². The van der Waals surface area contributed by atoms with Crippen molar-refractivity contribution >= 4 is 17.8 Å². The van der Waals surface area contributed by atoms with Crippen LogP contribution in [0, 0.1) is 0 Å². The third kappa shape index (κ3) is 3.80. The fourth-order valence-electron chi connectivity index (χ4n) is 4.62. The van der Waals surface area contributed by atoms with Crippen LogP contribution in [0.5, 0.6) is 34.5 Å². The number of allylic oxidation sites excluding steroid dienone is 1. The Labute approximate surface area is 207 Å². The van der Waals surface area contributed by atoms with Gasteiger partial charge in [-0.2, -0.15) is 0 Å². The van der Waals surface area contributed by atoms with Gasteiger partial charge in [-0.05, 0) is 42.0 Å². The average Bonchev–Trinajstić information content (AvgIpc) is 3.22. The summed E-state index contributed by atoms with van der Waals surface area (Å²) >= 11 is 0. The highest BCUT2D eigenvalue weighted by Gasteiger charge is 2.39. The van der Waals surface area contributed by atoms with E-state index < -0.39 is 11.9 Å². The lowest BCUT2D eigenvalue weighted by Crippen LogP contribution is -2.21. The van der Waals surface area contributed by atoms with Gasteiger partial charge in [0.25, 0.3) is 0 Å². The quantitative estimate of drug-likeness (QED) is 0.278. The van der Waals surface area contributed by atoms with Crippen LogP contribution < -0.4 is 28.4 Å². The third-order valence-electron chi connectivity index (χ3n) is 6.29. The van der Waals surface area contributed by atoms with Crippen LogP contribution in [-0.4, -0.2) is 40.2 Å². The molecular formula is C28H24O8. The van der Waals surface area contributed by atoms with Gasteiger partial charge < -0.3 is 28.4 Å². The zero-order valence-corrected chi connectivity index (χ0v) is 20.2. The van der Waals surface area contributed by atoms with Crippen molar-refractivity contribution < 1.29 is 38.0 Å². The maximum absolute atomic E-state index is 13.3. The third-order valence-corrected chi connectivity index (χ3v) is 6.29. The standard InChI is InChI=1S/C28H24O8/c1-31-19-8-6-5-7-15(19)11-21-26(30)17-9-10-20-25(27(17)36-21)18(14-24(29)35-20)16-12-22(32-2)28(34-4)23(13-16)33-3/h5-13,18H,14H2,1-4H3/b21-11-/t18-/m0/s1. The molecule has 8 heteroatoms. The number of para-hydroxylation sites is 1. The molecule has 0 bridgehead atoms. The predicted molar refractivity (Wildman–Crippen MR) is 131 cm³/mol. The number of esters is 1. The first-order valence-corrected chi connectivity index (χ1v) is 11.2. The Morgan fingerprint density at radius 2 is 1.53 bits per heavy atom. The van der Waals surface area contributed by atoms with Crippen LogP contribution in [0.15, 0.2) is 54.3 Å². The number of carbonyl (C=O) groups is 2. The zero-order valence-electron chi connectivity index (χ0n) is 20.2. The highest BCUT2D eigenvalue weighted by Crippen LogP contribution is 2.51. The second-order valence-electron chi connectivity index (χ2n) is 8.23. The summed E-state index contributed by atoms with van der Waals surface area (Å²) in [6.45, 7) is 0. The van der Waals surface area contributed by atoms with Gasteiger partial charge in [-0.3, -0.25) is 9.59 Å². The van der Waals surface area contributed by atoms with Gasteiger partial charge in [0.15, 0.2) is 17.3 Å². The molecule has 1 atom stereocenters. The molecule has 0 aliphatic carbocycles. The second kappa shape index (κ2) is 9.30. The van der Waals surface area contributed by atoms with Crippen LogP contribution in [0.3, 0.4) is 0 Å². The number of carbonyl (C=O) groups excluding carboxylic acids is 2. The first-order chi connectivity index (χ1) is 17.5. The number of methoxy groups -OCH3 is 4. The number of Topliss-reactive ketones (excluding diaryl/α,β-unsaturated/α-hetero) is 1. The Bertz CT molecular complexity index is 1380. The molecule has 8 nitrogen and oxygen atoms in total. The Hall–Kier alpha value is -4.46. The van der Waals surface area contributed by atoms with E-state index in [1.807, 2.05) is 18.2 Å². The first-order valence-electron chi connectivity index (χ1n) is 11.2. The minimum Gasteiger partial charge on any atom is -0.496 e. The summed E-state index contributed by atoms with van der Waals surface area (Å²) in [7, 11) is 6.14. The van der Waals surface area contributed by atoms with Crippen molar-refractivity contribution in [3.63, 3.8) is 0 Å². The van der Waals surface area contributed by atoms with E-state index in [0.717, 1.165) is 5.56 Å². The van der Waals surface area contributed by atoms with Crippen molar-refractivity contribution in [2.24, 2.45) is 0 Å². The van der Waals surface area contributed by atoms with Crippen LogP contribution in [-0.2, 0) is 4.79 Å². The highest BCUT2D eigenvalue weighted by molar-refractivity contribution is 6.15. The van der Waals surface area contributed by atoms with Crippen LogP contribution >= 0.6 is 0 Å². The van der Waals surface area contributed by atoms with Crippen molar-refractivity contribution in [2.45, 2.75) is 12.3 Å². The molecule has 36 heavy (non-hydrogen) atoms. The van der Waals surface area contributed by atoms with Crippen LogP contribution in [0.1, 0.15) is 39.4 Å². The van der Waals surface area contributed by atoms with Gasteiger partial charge >= 0.3 is 5.97 Å². The summed E-state index contributed by atoms with van der Waals surface area (Å²) in [6, 6.07) is 14.2. The predicted octanol–water partition coefficient (Wildman–Crippen LogP) is 4.78. The summed E-state index contributed by atoms with van der Waals surface area (Å²) < 4.78 is 33.5. The molecule has 0 spiro atoms. The number of ether oxygens (including phenoxy) is 6. The molecule has 3 aromatic rings. The summed E-state index contributed by atoms with van der Waals surface area (Å²) in [4.78, 5) is 25.8. The fourth-order valence-corrected chi connectivity index (χ4v) is 4.62.